The van der Waals surface area contributed by atoms with Gasteiger partial charge in [0.25, 0.3) is 0 Å². The summed E-state index contributed by atoms with van der Waals surface area (Å²) in [6.07, 6.45) is 11.1. The van der Waals surface area contributed by atoms with Gasteiger partial charge in [0.05, 0.1) is 11.1 Å². The van der Waals surface area contributed by atoms with Gasteiger partial charge in [-0.1, -0.05) is 36.4 Å². The van der Waals surface area contributed by atoms with Crippen LogP contribution >= 0.6 is 0 Å². The molecule has 3 N–H and O–H groups in total. The minimum atomic E-state index is -1.25. The molecule has 0 bridgehead atoms. The van der Waals surface area contributed by atoms with Crippen molar-refractivity contribution in [1.82, 2.24) is 4.98 Å². The highest BCUT2D eigenvalue weighted by molar-refractivity contribution is 5.96. The molecule has 2 heterocycles. The van der Waals surface area contributed by atoms with Crippen LogP contribution < -0.4 is 10.3 Å². The molecule has 0 saturated heterocycles. The summed E-state index contributed by atoms with van der Waals surface area (Å²) in [7, 11) is 0. The summed E-state index contributed by atoms with van der Waals surface area (Å²) >= 11 is 0. The number of nitrogens with one attached hydrogen (secondary N) is 1. The second-order valence-corrected chi connectivity index (χ2v) is 9.90. The molecule has 3 aromatic rings. The van der Waals surface area contributed by atoms with Gasteiger partial charge in [0.2, 0.25) is 0 Å². The zero-order valence-corrected chi connectivity index (χ0v) is 23.0. The van der Waals surface area contributed by atoms with E-state index in [1.165, 1.54) is 13.0 Å². The molecular weight excluding hydrogens is 504 g/mol. The number of fused-ring (bicyclic) bond motifs is 3. The number of pyridine rings is 1. The van der Waals surface area contributed by atoms with Gasteiger partial charge in [0, 0.05) is 46.2 Å². The second kappa shape index (κ2) is 11.5. The quantitative estimate of drug-likeness (QED) is 0.176. The molecule has 0 aliphatic carbocycles. The Hall–Kier alpha value is -4.91. The maximum absolute atomic E-state index is 13.6. The highest BCUT2D eigenvalue weighted by Crippen LogP contribution is 2.37. The minimum Gasteiger partial charge on any atom is -0.478 e. The number of aliphatic carboxylic acids is 2. The molecule has 0 saturated carbocycles. The number of carboxylic acids is 2. The van der Waals surface area contributed by atoms with Crippen molar-refractivity contribution in [2.75, 3.05) is 11.4 Å². The fraction of sp³-hybridized carbons (Fsp3) is 0.182. The van der Waals surface area contributed by atoms with Crippen LogP contribution in [0.2, 0.25) is 0 Å². The van der Waals surface area contributed by atoms with Crippen LogP contribution in [0.5, 0.6) is 0 Å². The number of carboxylic acid groups (broad SMARTS) is 2. The normalized spacial score (nSPS) is 14.6. The Kier molecular flexibility index (Phi) is 8.05. The van der Waals surface area contributed by atoms with Crippen molar-refractivity contribution in [3.05, 3.63) is 123 Å². The zero-order valence-electron chi connectivity index (χ0n) is 23.0. The van der Waals surface area contributed by atoms with E-state index in [2.05, 4.69) is 11.6 Å². The van der Waals surface area contributed by atoms with E-state index in [0.29, 0.717) is 22.8 Å². The third-order valence-corrected chi connectivity index (χ3v) is 6.81. The molecule has 4 rings (SSSR count). The van der Waals surface area contributed by atoms with Gasteiger partial charge >= 0.3 is 11.9 Å². The van der Waals surface area contributed by atoms with Gasteiger partial charge in [0.1, 0.15) is 0 Å². The Labute approximate surface area is 232 Å². The fourth-order valence-electron chi connectivity index (χ4n) is 4.96. The molecule has 7 nitrogen and oxygen atoms in total. The van der Waals surface area contributed by atoms with E-state index in [9.17, 15) is 24.6 Å². The molecule has 1 aromatic heterocycles. The van der Waals surface area contributed by atoms with E-state index >= 15 is 0 Å². The molecule has 1 aliphatic heterocycles. The third kappa shape index (κ3) is 5.59. The van der Waals surface area contributed by atoms with Crippen LogP contribution in [0.15, 0.2) is 106 Å². The van der Waals surface area contributed by atoms with Crippen molar-refractivity contribution in [3.63, 3.8) is 0 Å². The first-order valence-electron chi connectivity index (χ1n) is 12.9. The number of H-pyrrole nitrogens is 1. The molecule has 0 amide bonds. The molecule has 40 heavy (non-hydrogen) atoms. The predicted molar refractivity (Wildman–Crippen MR) is 161 cm³/mol. The van der Waals surface area contributed by atoms with E-state index < -0.39 is 11.9 Å². The van der Waals surface area contributed by atoms with Gasteiger partial charge < -0.3 is 20.1 Å². The molecule has 204 valence electrons. The summed E-state index contributed by atoms with van der Waals surface area (Å²) < 4.78 is 0. The van der Waals surface area contributed by atoms with Crippen LogP contribution in [0.1, 0.15) is 31.9 Å². The summed E-state index contributed by atoms with van der Waals surface area (Å²) in [5.41, 5.74) is 6.45. The van der Waals surface area contributed by atoms with Gasteiger partial charge in [-0.05, 0) is 86.9 Å². The second-order valence-electron chi connectivity index (χ2n) is 9.90. The lowest BCUT2D eigenvalue weighted by Crippen LogP contribution is -2.29. The van der Waals surface area contributed by atoms with Crippen LogP contribution in [0.3, 0.4) is 0 Å². The fourth-order valence-corrected chi connectivity index (χ4v) is 4.96. The number of anilines is 1. The molecular formula is C33H32N2O5. The Morgan fingerprint density at radius 1 is 1.00 bits per heavy atom. The highest BCUT2D eigenvalue weighted by atomic mass is 16.4. The largest absolute Gasteiger partial charge is 0.478 e. The van der Waals surface area contributed by atoms with Crippen molar-refractivity contribution < 1.29 is 19.8 Å². The SMILES string of the molecule is C=C(/C=C(\C=C(/C)C(=O)O)C(=O)O)CN1C(/C=C\C)=C(/C=C/C)Cc2cc3[nH]c4ccc(C)cc4c(=O)c3cc21. The standard InChI is InChI=1S/C33H32N2O5/c1-6-8-22-15-23-16-28-26(31(36)25-13-19(3)10-11-27(25)34-28)17-30(23)35(29(22)9-7-2)18-20(4)12-24(33(39)40)14-21(5)32(37)38/h6-14,16-17H,4,15,18H2,1-3,5H3,(H,34,36)(H,37,38)(H,39,40)/b8-6+,9-7-,21-14+,24-12+. The van der Waals surface area contributed by atoms with Gasteiger partial charge in [-0.25, -0.2) is 9.59 Å². The minimum absolute atomic E-state index is 0.0628. The van der Waals surface area contributed by atoms with Gasteiger partial charge in [-0.15, -0.1) is 0 Å². The first-order valence-corrected chi connectivity index (χ1v) is 12.9. The van der Waals surface area contributed by atoms with Crippen molar-refractivity contribution in [1.29, 1.82) is 0 Å². The van der Waals surface area contributed by atoms with E-state index in [1.807, 2.05) is 80.3 Å². The van der Waals surface area contributed by atoms with E-state index in [0.717, 1.165) is 45.2 Å². The lowest BCUT2D eigenvalue weighted by atomic mass is 9.92. The summed E-state index contributed by atoms with van der Waals surface area (Å²) in [5, 5.41) is 20.1. The molecule has 0 spiro atoms. The number of aromatic nitrogens is 1. The average Bonchev–Trinajstić information content (AvgIpc) is 2.90. The monoisotopic (exact) mass is 536 g/mol. The maximum Gasteiger partial charge on any atom is 0.335 e. The van der Waals surface area contributed by atoms with Gasteiger partial charge in [-0.2, -0.15) is 0 Å². The van der Waals surface area contributed by atoms with E-state index in [-0.39, 0.29) is 23.1 Å². The Bertz CT molecular complexity index is 1780. The molecule has 2 aromatic carbocycles. The first-order chi connectivity index (χ1) is 19.0. The Morgan fingerprint density at radius 2 is 1.70 bits per heavy atom. The summed E-state index contributed by atoms with van der Waals surface area (Å²) in [5.74, 6) is -2.45. The van der Waals surface area contributed by atoms with Crippen molar-refractivity contribution in [2.45, 2.75) is 34.1 Å². The van der Waals surface area contributed by atoms with Crippen LogP contribution in [-0.2, 0) is 16.0 Å². The molecule has 0 unspecified atom stereocenters. The summed E-state index contributed by atoms with van der Waals surface area (Å²) in [6.45, 7) is 11.5. The number of hydrogen-bond acceptors (Lipinski definition) is 4. The molecule has 1 aliphatic rings. The number of aromatic amines is 1. The van der Waals surface area contributed by atoms with Crippen LogP contribution in [-0.4, -0.2) is 33.7 Å². The van der Waals surface area contributed by atoms with Crippen molar-refractivity contribution in [3.8, 4) is 0 Å². The van der Waals surface area contributed by atoms with Gasteiger partial charge in [0.15, 0.2) is 5.43 Å². The number of hydrogen-bond donors (Lipinski definition) is 3. The Balaban J connectivity index is 1.91. The number of aryl methyl sites for hydroxylation is 1. The summed E-state index contributed by atoms with van der Waals surface area (Å²) in [6, 6.07) is 9.67. The molecule has 0 atom stereocenters. The van der Waals surface area contributed by atoms with Crippen LogP contribution in [0, 0.1) is 6.92 Å². The predicted octanol–water partition coefficient (Wildman–Crippen LogP) is 6.36. The zero-order chi connectivity index (χ0) is 29.1. The smallest absolute Gasteiger partial charge is 0.335 e. The molecule has 0 radical (unpaired) electrons. The van der Waals surface area contributed by atoms with Gasteiger partial charge in [-0.3, -0.25) is 4.79 Å². The highest BCUT2D eigenvalue weighted by Gasteiger charge is 2.25. The van der Waals surface area contributed by atoms with Crippen molar-refractivity contribution >= 4 is 39.4 Å². The summed E-state index contributed by atoms with van der Waals surface area (Å²) in [4.78, 5) is 42.2. The molecule has 7 heteroatoms. The number of allylic oxidation sites excluding steroid dienone is 5. The maximum atomic E-state index is 13.6. The topological polar surface area (TPSA) is 111 Å². The number of nitrogens with zero attached hydrogens (tertiary/aromatic N) is 1. The third-order valence-electron chi connectivity index (χ3n) is 6.81. The number of rotatable bonds is 8. The number of carbonyl (C=O) groups is 2. The molecule has 0 fully saturated rings. The lowest BCUT2D eigenvalue weighted by Gasteiger charge is -2.34. The van der Waals surface area contributed by atoms with Crippen molar-refractivity contribution in [2.24, 2.45) is 0 Å². The van der Waals surface area contributed by atoms with Crippen LogP contribution in [0.25, 0.3) is 21.8 Å². The average molecular weight is 537 g/mol. The van der Waals surface area contributed by atoms with Crippen LogP contribution in [0.4, 0.5) is 5.69 Å². The first kappa shape index (κ1) is 28.1. The number of benzene rings is 2. The lowest BCUT2D eigenvalue weighted by molar-refractivity contribution is -0.132. The van der Waals surface area contributed by atoms with E-state index in [4.69, 9.17) is 0 Å². The Morgan fingerprint density at radius 3 is 2.35 bits per heavy atom. The van der Waals surface area contributed by atoms with E-state index in [1.54, 1.807) is 0 Å².